The van der Waals surface area contributed by atoms with Crippen LogP contribution in [-0.4, -0.2) is 82.2 Å². The van der Waals surface area contributed by atoms with E-state index in [0.29, 0.717) is 42.9 Å². The van der Waals surface area contributed by atoms with Gasteiger partial charge in [-0.2, -0.15) is 0 Å². The van der Waals surface area contributed by atoms with E-state index < -0.39 is 17.6 Å². The highest BCUT2D eigenvalue weighted by atomic mass is 16.6. The molecule has 1 aromatic carbocycles. The maximum atomic E-state index is 13.0. The fourth-order valence-electron chi connectivity index (χ4n) is 4.31. The quantitative estimate of drug-likeness (QED) is 0.667. The average Bonchev–Trinajstić information content (AvgIpc) is 3.08. The number of piperazine rings is 1. The second-order valence-electron chi connectivity index (χ2n) is 9.53. The van der Waals surface area contributed by atoms with Gasteiger partial charge in [0.05, 0.1) is 0 Å². The number of nitrogens with zero attached hydrogens (tertiary/aromatic N) is 3. The van der Waals surface area contributed by atoms with Gasteiger partial charge in [-0.1, -0.05) is 0 Å². The van der Waals surface area contributed by atoms with Crippen molar-refractivity contribution in [3.05, 3.63) is 34.9 Å². The predicted molar refractivity (Wildman–Crippen MR) is 116 cm³/mol. The molecule has 5 amide bonds. The molecule has 3 aliphatic heterocycles. The van der Waals surface area contributed by atoms with Gasteiger partial charge < -0.3 is 19.4 Å². The van der Waals surface area contributed by atoms with Gasteiger partial charge in [0.25, 0.3) is 11.8 Å². The SMILES string of the molecule is CC(C)(C)OC(=O)N1CCN(C(=O)c2ccc3c(c2)CN(C2CCC(=O)NC2=O)C3=O)CC1. The van der Waals surface area contributed by atoms with Crippen molar-refractivity contribution in [2.24, 2.45) is 0 Å². The van der Waals surface area contributed by atoms with Crippen LogP contribution in [0.5, 0.6) is 0 Å². The molecular formula is C23H28N4O6. The molecule has 33 heavy (non-hydrogen) atoms. The fourth-order valence-corrected chi connectivity index (χ4v) is 4.31. The molecule has 10 nitrogen and oxygen atoms in total. The second-order valence-corrected chi connectivity index (χ2v) is 9.53. The molecule has 0 spiro atoms. The monoisotopic (exact) mass is 456 g/mol. The highest BCUT2D eigenvalue weighted by molar-refractivity contribution is 6.06. The van der Waals surface area contributed by atoms with E-state index in [1.54, 1.807) is 28.0 Å². The molecule has 0 aliphatic carbocycles. The number of hydrogen-bond donors (Lipinski definition) is 1. The number of imide groups is 1. The van der Waals surface area contributed by atoms with Crippen LogP contribution in [-0.2, 0) is 20.9 Å². The summed E-state index contributed by atoms with van der Waals surface area (Å²) < 4.78 is 5.39. The highest BCUT2D eigenvalue weighted by Gasteiger charge is 2.39. The van der Waals surface area contributed by atoms with E-state index in [1.165, 1.54) is 4.90 Å². The molecule has 2 saturated heterocycles. The summed E-state index contributed by atoms with van der Waals surface area (Å²) in [4.78, 5) is 66.4. The Hall–Kier alpha value is -3.43. The molecule has 176 valence electrons. The molecule has 1 atom stereocenters. The van der Waals surface area contributed by atoms with Crippen LogP contribution in [0.2, 0.25) is 0 Å². The standard InChI is InChI=1S/C23H28N4O6/c1-23(2,3)33-22(32)26-10-8-25(9-11-26)20(30)14-4-5-16-15(12-14)13-27(21(16)31)17-6-7-18(28)24-19(17)29/h4-5,12,17H,6-11,13H2,1-3H3,(H,24,28,29). The van der Waals surface area contributed by atoms with Crippen molar-refractivity contribution in [1.29, 1.82) is 0 Å². The van der Waals surface area contributed by atoms with Crippen LogP contribution in [0.1, 0.15) is 59.9 Å². The largest absolute Gasteiger partial charge is 0.444 e. The smallest absolute Gasteiger partial charge is 0.410 e. The van der Waals surface area contributed by atoms with E-state index in [1.807, 2.05) is 20.8 Å². The van der Waals surface area contributed by atoms with Crippen LogP contribution in [0, 0.1) is 0 Å². The number of fused-ring (bicyclic) bond motifs is 1. The van der Waals surface area contributed by atoms with Crippen LogP contribution in [0.15, 0.2) is 18.2 Å². The maximum Gasteiger partial charge on any atom is 0.410 e. The third-order valence-electron chi connectivity index (χ3n) is 5.99. The maximum absolute atomic E-state index is 13.0. The van der Waals surface area contributed by atoms with Gasteiger partial charge in [-0.3, -0.25) is 24.5 Å². The Labute approximate surface area is 191 Å². The van der Waals surface area contributed by atoms with Crippen LogP contribution in [0.25, 0.3) is 0 Å². The molecule has 0 aromatic heterocycles. The van der Waals surface area contributed by atoms with Gasteiger partial charge in [0, 0.05) is 50.3 Å². The minimum absolute atomic E-state index is 0.173. The molecule has 0 radical (unpaired) electrons. The van der Waals surface area contributed by atoms with Crippen molar-refractivity contribution < 1.29 is 28.7 Å². The number of piperidine rings is 1. The zero-order valence-corrected chi connectivity index (χ0v) is 19.1. The number of carbonyl (C=O) groups is 5. The first-order valence-corrected chi connectivity index (χ1v) is 11.1. The molecule has 4 rings (SSSR count). The fraction of sp³-hybridized carbons (Fsp3) is 0.522. The van der Waals surface area contributed by atoms with Crippen molar-refractivity contribution >= 4 is 29.7 Å². The zero-order chi connectivity index (χ0) is 23.9. The van der Waals surface area contributed by atoms with Gasteiger partial charge in [0.2, 0.25) is 11.8 Å². The molecule has 1 aromatic rings. The van der Waals surface area contributed by atoms with Crippen LogP contribution in [0.4, 0.5) is 4.79 Å². The van der Waals surface area contributed by atoms with E-state index in [2.05, 4.69) is 5.32 Å². The van der Waals surface area contributed by atoms with Crippen LogP contribution >= 0.6 is 0 Å². The molecular weight excluding hydrogens is 428 g/mol. The summed E-state index contributed by atoms with van der Waals surface area (Å²) in [6.45, 7) is 7.18. The number of carbonyl (C=O) groups excluding carboxylic acids is 5. The Balaban J connectivity index is 1.40. The predicted octanol–water partition coefficient (Wildman–Crippen LogP) is 1.14. The summed E-state index contributed by atoms with van der Waals surface area (Å²) in [5.74, 6) is -1.25. The van der Waals surface area contributed by atoms with Gasteiger partial charge in [-0.15, -0.1) is 0 Å². The summed E-state index contributed by atoms with van der Waals surface area (Å²) in [6, 6.07) is 4.24. The van der Waals surface area contributed by atoms with E-state index in [9.17, 15) is 24.0 Å². The third kappa shape index (κ3) is 4.69. The van der Waals surface area contributed by atoms with E-state index in [4.69, 9.17) is 4.74 Å². The lowest BCUT2D eigenvalue weighted by Gasteiger charge is -2.35. The van der Waals surface area contributed by atoms with E-state index in [-0.39, 0.29) is 43.2 Å². The molecule has 1 N–H and O–H groups in total. The van der Waals surface area contributed by atoms with Gasteiger partial charge in [0.1, 0.15) is 11.6 Å². The first-order chi connectivity index (χ1) is 15.5. The van der Waals surface area contributed by atoms with E-state index in [0.717, 1.165) is 0 Å². The number of hydrogen-bond acceptors (Lipinski definition) is 6. The highest BCUT2D eigenvalue weighted by Crippen LogP contribution is 2.28. The van der Waals surface area contributed by atoms with Crippen molar-refractivity contribution in [2.45, 2.75) is 51.8 Å². The topological polar surface area (TPSA) is 116 Å². The average molecular weight is 456 g/mol. The van der Waals surface area contributed by atoms with Gasteiger partial charge in [0.15, 0.2) is 0 Å². The minimum atomic E-state index is -0.692. The molecule has 1 unspecified atom stereocenters. The summed E-state index contributed by atoms with van der Waals surface area (Å²) in [6.07, 6.45) is 0.0902. The summed E-state index contributed by atoms with van der Waals surface area (Å²) >= 11 is 0. The first kappa shape index (κ1) is 22.8. The lowest BCUT2D eigenvalue weighted by Crippen LogP contribution is -2.52. The number of benzene rings is 1. The minimum Gasteiger partial charge on any atom is -0.444 e. The molecule has 10 heteroatoms. The van der Waals surface area contributed by atoms with Crippen molar-refractivity contribution in [3.63, 3.8) is 0 Å². The number of rotatable bonds is 2. The Kier molecular flexibility index (Phi) is 5.85. The Morgan fingerprint density at radius 3 is 2.33 bits per heavy atom. The summed E-state index contributed by atoms with van der Waals surface area (Å²) in [5.41, 5.74) is 1.03. The second kappa shape index (κ2) is 8.49. The lowest BCUT2D eigenvalue weighted by atomic mass is 10.0. The molecule has 2 fully saturated rings. The Morgan fingerprint density at radius 1 is 1.03 bits per heavy atom. The first-order valence-electron chi connectivity index (χ1n) is 11.1. The number of nitrogens with one attached hydrogen (secondary N) is 1. The Bertz CT molecular complexity index is 1020. The molecule has 3 aliphatic rings. The van der Waals surface area contributed by atoms with Crippen molar-refractivity contribution in [1.82, 2.24) is 20.0 Å². The van der Waals surface area contributed by atoms with Gasteiger partial charge in [-0.05, 0) is 51.0 Å². The lowest BCUT2D eigenvalue weighted by molar-refractivity contribution is -0.136. The summed E-state index contributed by atoms with van der Waals surface area (Å²) in [7, 11) is 0. The van der Waals surface area contributed by atoms with Gasteiger partial charge in [-0.25, -0.2) is 4.79 Å². The number of ether oxygens (including phenoxy) is 1. The zero-order valence-electron chi connectivity index (χ0n) is 19.1. The molecule has 0 bridgehead atoms. The van der Waals surface area contributed by atoms with Crippen LogP contribution in [0.3, 0.4) is 0 Å². The van der Waals surface area contributed by atoms with Gasteiger partial charge >= 0.3 is 6.09 Å². The normalized spacial score (nSPS) is 21.1. The Morgan fingerprint density at radius 2 is 1.70 bits per heavy atom. The van der Waals surface area contributed by atoms with Crippen molar-refractivity contribution in [2.75, 3.05) is 26.2 Å². The van der Waals surface area contributed by atoms with Crippen molar-refractivity contribution in [3.8, 4) is 0 Å². The molecule has 0 saturated carbocycles. The molecule has 3 heterocycles. The van der Waals surface area contributed by atoms with E-state index >= 15 is 0 Å². The summed E-state index contributed by atoms with van der Waals surface area (Å²) in [5, 5.41) is 2.28. The van der Waals surface area contributed by atoms with Crippen LogP contribution < -0.4 is 5.32 Å². The number of amides is 5. The third-order valence-corrected chi connectivity index (χ3v) is 5.99.